The first-order valence-electron chi connectivity index (χ1n) is 8.26. The summed E-state index contributed by atoms with van der Waals surface area (Å²) in [5.41, 5.74) is 3.53. The minimum atomic E-state index is -0.494. The van der Waals surface area contributed by atoms with Gasteiger partial charge in [0.25, 0.3) is 0 Å². The van der Waals surface area contributed by atoms with E-state index in [0.717, 1.165) is 16.7 Å². The first-order valence-corrected chi connectivity index (χ1v) is 8.26. The van der Waals surface area contributed by atoms with Crippen molar-refractivity contribution in [2.45, 2.75) is 33.1 Å². The lowest BCUT2D eigenvalue weighted by Crippen LogP contribution is -2.29. The fraction of sp³-hybridized carbons (Fsp3) is 0.400. The van der Waals surface area contributed by atoms with Crippen molar-refractivity contribution in [3.05, 3.63) is 70.3 Å². The van der Waals surface area contributed by atoms with Gasteiger partial charge < -0.3 is 4.84 Å². The molecule has 2 aromatic rings. The molecule has 0 aromatic heterocycles. The van der Waals surface area contributed by atoms with E-state index in [-0.39, 0.29) is 11.5 Å². The number of benzene rings is 2. The smallest absolute Gasteiger partial charge is 0.129 e. The Morgan fingerprint density at radius 1 is 1.00 bits per heavy atom. The van der Waals surface area contributed by atoms with Crippen molar-refractivity contribution < 1.29 is 13.6 Å². The number of rotatable bonds is 7. The maximum absolute atomic E-state index is 14.1. The van der Waals surface area contributed by atoms with Crippen LogP contribution in [0.1, 0.15) is 35.1 Å². The predicted octanol–water partition coefficient (Wildman–Crippen LogP) is 4.79. The number of aryl methyl sites for hydroxylation is 2. The molecule has 0 bridgehead atoms. The molecule has 0 heterocycles. The summed E-state index contributed by atoms with van der Waals surface area (Å²) in [4.78, 5) is 5.38. The molecule has 0 spiro atoms. The summed E-state index contributed by atoms with van der Waals surface area (Å²) >= 11 is 0. The number of hydroxylamine groups is 2. The quantitative estimate of drug-likeness (QED) is 0.675. The highest BCUT2D eigenvalue weighted by Crippen LogP contribution is 2.30. The molecule has 0 N–H and O–H groups in total. The SMILES string of the molecule is CCN(CC(Cc1c(F)cccc1F)c1c(C)cccc1C)OC. The van der Waals surface area contributed by atoms with Gasteiger partial charge in [0.1, 0.15) is 11.6 Å². The Morgan fingerprint density at radius 2 is 1.54 bits per heavy atom. The maximum atomic E-state index is 14.1. The predicted molar refractivity (Wildman–Crippen MR) is 93.0 cm³/mol. The summed E-state index contributed by atoms with van der Waals surface area (Å²) in [6.45, 7) is 7.35. The molecule has 130 valence electrons. The second-order valence-corrected chi connectivity index (χ2v) is 6.07. The average Bonchev–Trinajstić information content (AvgIpc) is 2.55. The van der Waals surface area contributed by atoms with E-state index in [1.807, 2.05) is 44.0 Å². The molecule has 0 aliphatic rings. The molecule has 0 amide bonds. The van der Waals surface area contributed by atoms with Crippen LogP contribution in [-0.2, 0) is 11.3 Å². The largest absolute Gasteiger partial charge is 0.302 e. The number of likely N-dealkylation sites (N-methyl/N-ethyl adjacent to an activating group) is 1. The lowest BCUT2D eigenvalue weighted by molar-refractivity contribution is -0.130. The van der Waals surface area contributed by atoms with Crippen LogP contribution in [0.4, 0.5) is 8.78 Å². The van der Waals surface area contributed by atoms with Gasteiger partial charge in [0, 0.05) is 24.6 Å². The summed E-state index contributed by atoms with van der Waals surface area (Å²) in [7, 11) is 1.62. The zero-order valence-electron chi connectivity index (χ0n) is 14.8. The monoisotopic (exact) mass is 333 g/mol. The molecule has 1 unspecified atom stereocenters. The Kier molecular flexibility index (Phi) is 6.46. The average molecular weight is 333 g/mol. The standard InChI is InChI=1S/C20H25F2NO/c1-5-23(24-4)13-16(20-14(2)8-6-9-15(20)3)12-17-18(21)10-7-11-19(17)22/h6-11,16H,5,12-13H2,1-4H3. The second kappa shape index (κ2) is 8.36. The van der Waals surface area contributed by atoms with E-state index in [0.29, 0.717) is 19.5 Å². The minimum Gasteiger partial charge on any atom is -0.302 e. The Morgan fingerprint density at radius 3 is 2.04 bits per heavy atom. The van der Waals surface area contributed by atoms with Crippen molar-refractivity contribution in [1.29, 1.82) is 0 Å². The van der Waals surface area contributed by atoms with Crippen LogP contribution in [0.2, 0.25) is 0 Å². The first kappa shape index (κ1) is 18.6. The molecule has 0 aliphatic carbocycles. The van der Waals surface area contributed by atoms with Crippen molar-refractivity contribution in [2.24, 2.45) is 0 Å². The fourth-order valence-electron chi connectivity index (χ4n) is 3.28. The van der Waals surface area contributed by atoms with E-state index in [4.69, 9.17) is 4.84 Å². The van der Waals surface area contributed by atoms with Gasteiger partial charge in [-0.3, -0.25) is 0 Å². The summed E-state index contributed by atoms with van der Waals surface area (Å²) in [6, 6.07) is 10.1. The summed E-state index contributed by atoms with van der Waals surface area (Å²) in [5, 5.41) is 1.81. The third-order valence-electron chi connectivity index (χ3n) is 4.50. The number of nitrogens with zero attached hydrogens (tertiary/aromatic N) is 1. The molecule has 2 nitrogen and oxygen atoms in total. The van der Waals surface area contributed by atoms with E-state index in [1.165, 1.54) is 18.2 Å². The highest BCUT2D eigenvalue weighted by molar-refractivity contribution is 5.38. The summed E-state index contributed by atoms with van der Waals surface area (Å²) < 4.78 is 28.3. The Hall–Kier alpha value is -1.78. The minimum absolute atomic E-state index is 0.0579. The van der Waals surface area contributed by atoms with E-state index >= 15 is 0 Å². The van der Waals surface area contributed by atoms with Gasteiger partial charge in [-0.1, -0.05) is 31.2 Å². The summed E-state index contributed by atoms with van der Waals surface area (Å²) in [6.07, 6.45) is 0.296. The Balaban J connectivity index is 2.43. The van der Waals surface area contributed by atoms with Crippen molar-refractivity contribution in [3.8, 4) is 0 Å². The Labute approximate surface area is 143 Å². The van der Waals surface area contributed by atoms with Crippen molar-refractivity contribution >= 4 is 0 Å². The third-order valence-corrected chi connectivity index (χ3v) is 4.50. The zero-order chi connectivity index (χ0) is 17.7. The van der Waals surface area contributed by atoms with Crippen LogP contribution in [0.3, 0.4) is 0 Å². The molecule has 2 aromatic carbocycles. The van der Waals surface area contributed by atoms with Gasteiger partial charge >= 0.3 is 0 Å². The third kappa shape index (κ3) is 4.19. The van der Waals surface area contributed by atoms with E-state index in [9.17, 15) is 8.78 Å². The highest BCUT2D eigenvalue weighted by atomic mass is 19.1. The molecular weight excluding hydrogens is 308 g/mol. The van der Waals surface area contributed by atoms with Crippen LogP contribution >= 0.6 is 0 Å². The molecule has 0 radical (unpaired) electrons. The highest BCUT2D eigenvalue weighted by Gasteiger charge is 2.22. The molecule has 2 rings (SSSR count). The van der Waals surface area contributed by atoms with E-state index in [2.05, 4.69) is 0 Å². The van der Waals surface area contributed by atoms with Gasteiger partial charge in [-0.15, -0.1) is 0 Å². The number of halogens is 2. The maximum Gasteiger partial charge on any atom is 0.129 e. The van der Waals surface area contributed by atoms with Crippen molar-refractivity contribution in [3.63, 3.8) is 0 Å². The molecule has 0 saturated heterocycles. The molecule has 4 heteroatoms. The Bertz CT molecular complexity index is 643. The lowest BCUT2D eigenvalue weighted by Gasteiger charge is -2.27. The zero-order valence-corrected chi connectivity index (χ0v) is 14.8. The topological polar surface area (TPSA) is 12.5 Å². The second-order valence-electron chi connectivity index (χ2n) is 6.07. The van der Waals surface area contributed by atoms with Gasteiger partial charge in [-0.2, -0.15) is 5.06 Å². The van der Waals surface area contributed by atoms with E-state index < -0.39 is 11.6 Å². The molecule has 0 fully saturated rings. The van der Waals surface area contributed by atoms with Gasteiger partial charge in [0.2, 0.25) is 0 Å². The lowest BCUT2D eigenvalue weighted by atomic mass is 9.86. The van der Waals surface area contributed by atoms with Crippen molar-refractivity contribution in [1.82, 2.24) is 5.06 Å². The van der Waals surface area contributed by atoms with Crippen LogP contribution in [0.25, 0.3) is 0 Å². The van der Waals surface area contributed by atoms with Gasteiger partial charge in [0.15, 0.2) is 0 Å². The molecule has 0 aliphatic heterocycles. The van der Waals surface area contributed by atoms with Gasteiger partial charge in [0.05, 0.1) is 7.11 Å². The normalized spacial score (nSPS) is 12.6. The van der Waals surface area contributed by atoms with E-state index in [1.54, 1.807) is 7.11 Å². The van der Waals surface area contributed by atoms with Crippen molar-refractivity contribution in [2.75, 3.05) is 20.2 Å². The molecule has 0 saturated carbocycles. The van der Waals surface area contributed by atoms with Crippen LogP contribution in [0, 0.1) is 25.5 Å². The number of hydrogen-bond acceptors (Lipinski definition) is 2. The molecule has 1 atom stereocenters. The van der Waals surface area contributed by atoms with Gasteiger partial charge in [-0.05, 0) is 49.1 Å². The van der Waals surface area contributed by atoms with Crippen LogP contribution in [0.5, 0.6) is 0 Å². The first-order chi connectivity index (χ1) is 11.5. The molecular formula is C20H25F2NO. The number of hydrogen-bond donors (Lipinski definition) is 0. The van der Waals surface area contributed by atoms with Crippen LogP contribution in [-0.4, -0.2) is 25.3 Å². The molecule has 24 heavy (non-hydrogen) atoms. The van der Waals surface area contributed by atoms with Gasteiger partial charge in [-0.25, -0.2) is 8.78 Å². The van der Waals surface area contributed by atoms with Crippen LogP contribution < -0.4 is 0 Å². The van der Waals surface area contributed by atoms with Crippen LogP contribution in [0.15, 0.2) is 36.4 Å². The summed E-state index contributed by atoms with van der Waals surface area (Å²) in [5.74, 6) is -1.05. The fourth-order valence-corrected chi connectivity index (χ4v) is 3.28.